The predicted molar refractivity (Wildman–Crippen MR) is 111 cm³/mol. The van der Waals surface area contributed by atoms with Gasteiger partial charge >= 0.3 is 5.69 Å². The zero-order valence-electron chi connectivity index (χ0n) is 15.7. The normalized spacial score (nSPS) is 11.1. The summed E-state index contributed by atoms with van der Waals surface area (Å²) in [5, 5.41) is 2.73. The summed E-state index contributed by atoms with van der Waals surface area (Å²) in [4.78, 5) is 34.1. The Morgan fingerprint density at radius 2 is 2.11 bits per heavy atom. The summed E-state index contributed by atoms with van der Waals surface area (Å²) in [6.45, 7) is 3.52. The molecule has 0 spiro atoms. The highest BCUT2D eigenvalue weighted by molar-refractivity contribution is 8.01. The number of halogens is 1. The number of unbranched alkanes of at least 4 members (excludes halogenated alkanes) is 2. The maximum Gasteiger partial charge on any atom is 0.354 e. The number of anilines is 1. The standard InChI is InChI=1S/C19H21FN4O2S2/c1-12-13(2)28-18(27-11-7-3-5-9-20)15-16(23-19(26)24(12)15)22-17(25)14-8-4-6-10-21-14/h4,6,8,10H,3,5,7,9,11H2,1-2H3,(H,22,23,25,26). The molecule has 0 aliphatic carbocycles. The molecule has 1 aromatic rings. The molecule has 2 aliphatic heterocycles. The van der Waals surface area contributed by atoms with Gasteiger partial charge in [0.25, 0.3) is 5.91 Å². The van der Waals surface area contributed by atoms with Gasteiger partial charge < -0.3 is 5.32 Å². The Hall–Kier alpha value is -2.26. The van der Waals surface area contributed by atoms with E-state index in [0.29, 0.717) is 12.1 Å². The van der Waals surface area contributed by atoms with E-state index in [9.17, 15) is 14.0 Å². The monoisotopic (exact) mass is 420 g/mol. The van der Waals surface area contributed by atoms with Crippen molar-refractivity contribution in [1.82, 2.24) is 14.5 Å². The molecule has 3 rings (SSSR count). The van der Waals surface area contributed by atoms with E-state index in [2.05, 4.69) is 15.3 Å². The van der Waals surface area contributed by atoms with E-state index in [4.69, 9.17) is 0 Å². The maximum atomic E-state index is 12.5. The highest BCUT2D eigenvalue weighted by Crippen LogP contribution is 2.38. The molecular formula is C19H21FN4O2S2. The first-order valence-electron chi connectivity index (χ1n) is 8.97. The summed E-state index contributed by atoms with van der Waals surface area (Å²) < 4.78 is 14.7. The van der Waals surface area contributed by atoms with E-state index < -0.39 is 11.6 Å². The molecule has 0 bridgehead atoms. The van der Waals surface area contributed by atoms with Gasteiger partial charge in [-0.25, -0.2) is 4.79 Å². The number of hydrogen-bond acceptors (Lipinski definition) is 6. The Labute approximate surface area is 170 Å². The summed E-state index contributed by atoms with van der Waals surface area (Å²) in [6, 6.07) is 5.05. The molecule has 0 aromatic carbocycles. The average Bonchev–Trinajstić information content (AvgIpc) is 3.02. The van der Waals surface area contributed by atoms with Crippen molar-refractivity contribution < 1.29 is 9.18 Å². The van der Waals surface area contributed by atoms with Crippen LogP contribution in [0.25, 0.3) is 5.69 Å². The number of aromatic nitrogens is 3. The quantitative estimate of drug-likeness (QED) is 0.436. The van der Waals surface area contributed by atoms with Gasteiger partial charge in [-0.05, 0) is 44.6 Å². The van der Waals surface area contributed by atoms with Crippen LogP contribution in [0.15, 0.2) is 33.4 Å². The fraction of sp³-hybridized carbons (Fsp3) is 0.368. The maximum absolute atomic E-state index is 12.5. The first-order chi connectivity index (χ1) is 13.5. The van der Waals surface area contributed by atoms with Crippen LogP contribution in [-0.2, 0) is 0 Å². The van der Waals surface area contributed by atoms with Crippen LogP contribution in [0, 0.1) is 13.8 Å². The molecule has 6 nitrogen and oxygen atoms in total. The Balaban J connectivity index is 1.92. The molecule has 0 unspecified atom stereocenters. The lowest BCUT2D eigenvalue weighted by Crippen LogP contribution is -2.17. The van der Waals surface area contributed by atoms with E-state index in [1.54, 1.807) is 45.9 Å². The largest absolute Gasteiger partial charge is 0.354 e. The van der Waals surface area contributed by atoms with Crippen molar-refractivity contribution in [1.29, 1.82) is 0 Å². The van der Waals surface area contributed by atoms with Crippen LogP contribution in [0.5, 0.6) is 0 Å². The minimum atomic E-state index is -0.418. The third-order valence-electron chi connectivity index (χ3n) is 4.27. The average molecular weight is 421 g/mol. The van der Waals surface area contributed by atoms with Gasteiger partial charge in [0.15, 0.2) is 5.82 Å². The minimum absolute atomic E-state index is 0.242. The number of rotatable bonds is 8. The zero-order valence-corrected chi connectivity index (χ0v) is 17.3. The highest BCUT2D eigenvalue weighted by Gasteiger charge is 2.24. The molecule has 0 saturated carbocycles. The summed E-state index contributed by atoms with van der Waals surface area (Å²) in [7, 11) is 0. The number of aryl methyl sites for hydroxylation is 1. The van der Waals surface area contributed by atoms with Crippen molar-refractivity contribution in [3.8, 4) is 5.69 Å². The van der Waals surface area contributed by atoms with Gasteiger partial charge in [-0.3, -0.25) is 18.7 Å². The number of imidazole rings is 1. The van der Waals surface area contributed by atoms with Crippen molar-refractivity contribution >= 4 is 34.8 Å². The lowest BCUT2D eigenvalue weighted by atomic mass is 10.3. The van der Waals surface area contributed by atoms with Gasteiger partial charge in [0, 0.05) is 16.8 Å². The topological polar surface area (TPSA) is 76.9 Å². The molecule has 9 heteroatoms. The first-order valence-corrected chi connectivity index (χ1v) is 10.8. The summed E-state index contributed by atoms with van der Waals surface area (Å²) in [5.74, 6) is 0.635. The van der Waals surface area contributed by atoms with Crippen molar-refractivity contribution in [3.05, 3.63) is 51.1 Å². The molecular weight excluding hydrogens is 399 g/mol. The number of alkyl halides is 1. The first kappa shape index (κ1) is 20.5. The van der Waals surface area contributed by atoms with Crippen molar-refractivity contribution in [2.24, 2.45) is 0 Å². The molecule has 3 heterocycles. The zero-order chi connectivity index (χ0) is 20.1. The molecule has 1 amide bonds. The van der Waals surface area contributed by atoms with Gasteiger partial charge in [0.05, 0.1) is 10.9 Å². The van der Waals surface area contributed by atoms with E-state index >= 15 is 0 Å². The van der Waals surface area contributed by atoms with E-state index in [-0.39, 0.29) is 18.2 Å². The lowest BCUT2D eigenvalue weighted by molar-refractivity contribution is 0.102. The van der Waals surface area contributed by atoms with Gasteiger partial charge in [-0.1, -0.05) is 12.5 Å². The second-order valence-electron chi connectivity index (χ2n) is 6.23. The fourth-order valence-corrected chi connectivity index (χ4v) is 5.23. The Morgan fingerprint density at radius 3 is 2.82 bits per heavy atom. The number of thioether (sulfide) groups is 1. The van der Waals surface area contributed by atoms with Crippen LogP contribution in [0.1, 0.15) is 40.3 Å². The minimum Gasteiger partial charge on any atom is -0.303 e. The number of carbonyl (C=O) groups excluding carboxylic acids is 1. The van der Waals surface area contributed by atoms with Crippen LogP contribution in [-0.4, -0.2) is 32.9 Å². The van der Waals surface area contributed by atoms with Crippen LogP contribution < -0.4 is 11.0 Å². The smallest absolute Gasteiger partial charge is 0.303 e. The van der Waals surface area contributed by atoms with Crippen molar-refractivity contribution in [2.75, 3.05) is 17.7 Å². The molecule has 148 valence electrons. The number of carbonyl (C=O) groups is 1. The molecule has 1 N–H and O–H groups in total. The van der Waals surface area contributed by atoms with Gasteiger partial charge in [0.2, 0.25) is 0 Å². The van der Waals surface area contributed by atoms with Gasteiger partial charge in [0.1, 0.15) is 11.4 Å². The number of amides is 1. The SMILES string of the molecule is Cc1sc(SCCCCCF)c2c(NC(=O)c3ccccn3)nc(=O)n-2c1C. The third-order valence-corrected chi connectivity index (χ3v) is 6.80. The molecule has 0 atom stereocenters. The lowest BCUT2D eigenvalue weighted by Gasteiger charge is -2.15. The Bertz CT molecular complexity index is 988. The van der Waals surface area contributed by atoms with Crippen molar-refractivity contribution in [2.45, 2.75) is 37.3 Å². The summed E-state index contributed by atoms with van der Waals surface area (Å²) in [6.07, 6.45) is 3.81. The molecule has 0 radical (unpaired) electrons. The van der Waals surface area contributed by atoms with Crippen LogP contribution in [0.2, 0.25) is 0 Å². The number of fused-ring (bicyclic) bond motifs is 1. The van der Waals surface area contributed by atoms with Crippen molar-refractivity contribution in [3.63, 3.8) is 0 Å². The number of pyridine rings is 1. The molecule has 0 fully saturated rings. The molecule has 1 aromatic heterocycles. The second kappa shape index (κ2) is 9.29. The summed E-state index contributed by atoms with van der Waals surface area (Å²) >= 11 is 3.17. The van der Waals surface area contributed by atoms with Crippen LogP contribution in [0.3, 0.4) is 0 Å². The van der Waals surface area contributed by atoms with Gasteiger partial charge in [-0.2, -0.15) is 4.98 Å². The molecule has 2 aliphatic rings. The number of nitrogens with zero attached hydrogens (tertiary/aromatic N) is 3. The number of hydrogen-bond donors (Lipinski definition) is 1. The van der Waals surface area contributed by atoms with Gasteiger partial charge in [-0.15, -0.1) is 23.1 Å². The fourth-order valence-electron chi connectivity index (χ4n) is 2.71. The third kappa shape index (κ3) is 4.41. The van der Waals surface area contributed by atoms with Crippen LogP contribution in [0.4, 0.5) is 10.2 Å². The summed E-state index contributed by atoms with van der Waals surface area (Å²) in [5.41, 5.74) is 1.25. The number of nitrogens with one attached hydrogen (secondary N) is 1. The Kier molecular flexibility index (Phi) is 6.79. The molecule has 28 heavy (non-hydrogen) atoms. The van der Waals surface area contributed by atoms with Crippen LogP contribution >= 0.6 is 23.1 Å². The molecule has 0 saturated heterocycles. The van der Waals surface area contributed by atoms with E-state index in [1.165, 1.54) is 6.20 Å². The highest BCUT2D eigenvalue weighted by atomic mass is 32.2. The Morgan fingerprint density at radius 1 is 1.29 bits per heavy atom. The van der Waals surface area contributed by atoms with E-state index in [0.717, 1.165) is 33.4 Å². The predicted octanol–water partition coefficient (Wildman–Crippen LogP) is 4.23. The van der Waals surface area contributed by atoms with E-state index in [1.807, 2.05) is 13.8 Å². The second-order valence-corrected chi connectivity index (χ2v) is 8.81.